The van der Waals surface area contributed by atoms with Gasteiger partial charge in [0.15, 0.2) is 5.96 Å². The third-order valence-electron chi connectivity index (χ3n) is 5.49. The van der Waals surface area contributed by atoms with Crippen molar-refractivity contribution >= 4 is 11.9 Å². The van der Waals surface area contributed by atoms with Crippen molar-refractivity contribution in [1.29, 1.82) is 0 Å². The standard InChI is InChI=1S/C20H35N7O/c1-2-21-19(25-17-5-7-18(28)8-6-17)22-11-4-12-26-13-15-27(16-14-26)20-23-9-3-10-24-20/h3,9-10,17-18,28H,2,4-8,11-16H2,1H3,(H2,21,22,25). The number of aromatic nitrogens is 2. The summed E-state index contributed by atoms with van der Waals surface area (Å²) >= 11 is 0. The van der Waals surface area contributed by atoms with Gasteiger partial charge in [0.2, 0.25) is 5.95 Å². The van der Waals surface area contributed by atoms with E-state index in [1.54, 1.807) is 12.4 Å². The maximum atomic E-state index is 9.65. The van der Waals surface area contributed by atoms with Gasteiger partial charge in [-0.3, -0.25) is 9.89 Å². The van der Waals surface area contributed by atoms with E-state index in [9.17, 15) is 5.11 Å². The lowest BCUT2D eigenvalue weighted by Gasteiger charge is -2.34. The first-order valence-electron chi connectivity index (χ1n) is 10.7. The summed E-state index contributed by atoms with van der Waals surface area (Å²) in [5.74, 6) is 1.75. The summed E-state index contributed by atoms with van der Waals surface area (Å²) in [6.07, 6.45) is 8.35. The Morgan fingerprint density at radius 3 is 2.54 bits per heavy atom. The molecule has 0 unspecified atom stereocenters. The van der Waals surface area contributed by atoms with Gasteiger partial charge in [0, 0.05) is 64.2 Å². The van der Waals surface area contributed by atoms with E-state index in [1.165, 1.54) is 0 Å². The first-order valence-corrected chi connectivity index (χ1v) is 10.7. The second kappa shape index (κ2) is 11.2. The zero-order valence-corrected chi connectivity index (χ0v) is 17.1. The van der Waals surface area contributed by atoms with Gasteiger partial charge in [-0.2, -0.15) is 0 Å². The molecule has 0 bridgehead atoms. The highest BCUT2D eigenvalue weighted by Crippen LogP contribution is 2.18. The molecule has 156 valence electrons. The van der Waals surface area contributed by atoms with Crippen molar-refractivity contribution in [2.24, 2.45) is 4.99 Å². The largest absolute Gasteiger partial charge is 0.393 e. The predicted octanol–water partition coefficient (Wildman–Crippen LogP) is 0.847. The van der Waals surface area contributed by atoms with Crippen molar-refractivity contribution in [3.63, 3.8) is 0 Å². The number of piperazine rings is 1. The fourth-order valence-corrected chi connectivity index (χ4v) is 3.84. The molecule has 0 aromatic carbocycles. The zero-order valence-electron chi connectivity index (χ0n) is 17.1. The number of anilines is 1. The van der Waals surface area contributed by atoms with Crippen LogP contribution >= 0.6 is 0 Å². The van der Waals surface area contributed by atoms with E-state index < -0.39 is 0 Å². The van der Waals surface area contributed by atoms with Crippen molar-refractivity contribution in [2.75, 3.05) is 50.7 Å². The average Bonchev–Trinajstić information content (AvgIpc) is 2.74. The lowest BCUT2D eigenvalue weighted by Crippen LogP contribution is -2.47. The molecular weight excluding hydrogens is 354 g/mol. The number of hydrogen-bond acceptors (Lipinski definition) is 6. The van der Waals surface area contributed by atoms with Crippen molar-refractivity contribution in [1.82, 2.24) is 25.5 Å². The van der Waals surface area contributed by atoms with Gasteiger partial charge >= 0.3 is 0 Å². The van der Waals surface area contributed by atoms with Crippen LogP contribution in [0.3, 0.4) is 0 Å². The summed E-state index contributed by atoms with van der Waals surface area (Å²) in [7, 11) is 0. The van der Waals surface area contributed by atoms with Crippen LogP contribution in [0.25, 0.3) is 0 Å². The highest BCUT2D eigenvalue weighted by atomic mass is 16.3. The van der Waals surface area contributed by atoms with Gasteiger partial charge < -0.3 is 20.6 Å². The molecule has 1 saturated carbocycles. The fourth-order valence-electron chi connectivity index (χ4n) is 3.84. The van der Waals surface area contributed by atoms with E-state index in [0.717, 1.165) is 89.8 Å². The van der Waals surface area contributed by atoms with Crippen LogP contribution in [0, 0.1) is 0 Å². The summed E-state index contributed by atoms with van der Waals surface area (Å²) in [6.45, 7) is 8.91. The van der Waals surface area contributed by atoms with Gasteiger partial charge in [-0.25, -0.2) is 9.97 Å². The van der Waals surface area contributed by atoms with Crippen LogP contribution in [-0.2, 0) is 0 Å². The Morgan fingerprint density at radius 1 is 1.14 bits per heavy atom. The van der Waals surface area contributed by atoms with Crippen LogP contribution in [0.4, 0.5) is 5.95 Å². The molecule has 3 N–H and O–H groups in total. The highest BCUT2D eigenvalue weighted by molar-refractivity contribution is 5.80. The Labute approximate surface area is 168 Å². The second-order valence-corrected chi connectivity index (χ2v) is 7.64. The predicted molar refractivity (Wildman–Crippen MR) is 113 cm³/mol. The Bertz CT molecular complexity index is 581. The number of rotatable bonds is 7. The molecule has 8 nitrogen and oxygen atoms in total. The molecule has 0 atom stereocenters. The minimum atomic E-state index is -0.119. The summed E-state index contributed by atoms with van der Waals surface area (Å²) in [5, 5.41) is 16.5. The van der Waals surface area contributed by atoms with Crippen molar-refractivity contribution in [2.45, 2.75) is 51.2 Å². The number of hydrogen-bond donors (Lipinski definition) is 3. The van der Waals surface area contributed by atoms with E-state index in [4.69, 9.17) is 4.99 Å². The Balaban J connectivity index is 1.35. The lowest BCUT2D eigenvalue weighted by atomic mass is 9.93. The molecular formula is C20H35N7O. The van der Waals surface area contributed by atoms with Gasteiger partial charge in [0.1, 0.15) is 0 Å². The number of aliphatic hydroxyl groups excluding tert-OH is 1. The van der Waals surface area contributed by atoms with E-state index in [-0.39, 0.29) is 6.10 Å². The highest BCUT2D eigenvalue weighted by Gasteiger charge is 2.20. The molecule has 0 radical (unpaired) electrons. The minimum Gasteiger partial charge on any atom is -0.393 e. The van der Waals surface area contributed by atoms with E-state index in [0.29, 0.717) is 6.04 Å². The molecule has 2 fully saturated rings. The summed E-state index contributed by atoms with van der Waals surface area (Å²) in [5.41, 5.74) is 0. The summed E-state index contributed by atoms with van der Waals surface area (Å²) in [6, 6.07) is 2.28. The molecule has 2 heterocycles. The molecule has 1 saturated heterocycles. The maximum Gasteiger partial charge on any atom is 0.225 e. The van der Waals surface area contributed by atoms with Gasteiger partial charge in [-0.05, 0) is 45.1 Å². The van der Waals surface area contributed by atoms with E-state index in [1.807, 2.05) is 6.07 Å². The Kier molecular flexibility index (Phi) is 8.29. The van der Waals surface area contributed by atoms with Crippen LogP contribution in [0.2, 0.25) is 0 Å². The molecule has 1 aromatic rings. The topological polar surface area (TPSA) is 88.9 Å². The maximum absolute atomic E-state index is 9.65. The first-order chi connectivity index (χ1) is 13.7. The number of aliphatic imine (C=N–C) groups is 1. The summed E-state index contributed by atoms with van der Waals surface area (Å²) in [4.78, 5) is 18.2. The first kappa shape index (κ1) is 20.8. The Hall–Kier alpha value is -1.93. The van der Waals surface area contributed by atoms with E-state index >= 15 is 0 Å². The molecule has 1 aliphatic heterocycles. The molecule has 1 aromatic heterocycles. The number of aliphatic hydroxyl groups is 1. The normalized spacial score (nSPS) is 24.2. The molecule has 2 aliphatic rings. The monoisotopic (exact) mass is 389 g/mol. The Morgan fingerprint density at radius 2 is 1.86 bits per heavy atom. The van der Waals surface area contributed by atoms with Crippen molar-refractivity contribution < 1.29 is 5.11 Å². The number of nitrogens with one attached hydrogen (secondary N) is 2. The molecule has 0 amide bonds. The van der Waals surface area contributed by atoms with E-state index in [2.05, 4.69) is 37.3 Å². The van der Waals surface area contributed by atoms with Crippen molar-refractivity contribution in [3.8, 4) is 0 Å². The fraction of sp³-hybridized carbons (Fsp3) is 0.750. The number of guanidine groups is 1. The lowest BCUT2D eigenvalue weighted by molar-refractivity contribution is 0.120. The third kappa shape index (κ3) is 6.60. The quantitative estimate of drug-likeness (QED) is 0.362. The van der Waals surface area contributed by atoms with Crippen LogP contribution in [0.1, 0.15) is 39.0 Å². The minimum absolute atomic E-state index is 0.119. The van der Waals surface area contributed by atoms with Crippen molar-refractivity contribution in [3.05, 3.63) is 18.5 Å². The van der Waals surface area contributed by atoms with Gasteiger partial charge in [-0.1, -0.05) is 0 Å². The summed E-state index contributed by atoms with van der Waals surface area (Å²) < 4.78 is 0. The van der Waals surface area contributed by atoms with Gasteiger partial charge in [0.25, 0.3) is 0 Å². The smallest absolute Gasteiger partial charge is 0.225 e. The van der Waals surface area contributed by atoms with Crippen LogP contribution in [-0.4, -0.2) is 83.9 Å². The molecule has 0 spiro atoms. The second-order valence-electron chi connectivity index (χ2n) is 7.64. The SMILES string of the molecule is CCNC(=NCCCN1CCN(c2ncccn2)CC1)NC1CCC(O)CC1. The molecule has 3 rings (SSSR count). The molecule has 1 aliphatic carbocycles. The zero-order chi connectivity index (χ0) is 19.6. The van der Waals surface area contributed by atoms with Crippen LogP contribution < -0.4 is 15.5 Å². The molecule has 8 heteroatoms. The third-order valence-corrected chi connectivity index (χ3v) is 5.49. The van der Waals surface area contributed by atoms with Gasteiger partial charge in [-0.15, -0.1) is 0 Å². The van der Waals surface area contributed by atoms with Crippen LogP contribution in [0.15, 0.2) is 23.5 Å². The number of nitrogens with zero attached hydrogens (tertiary/aromatic N) is 5. The average molecular weight is 390 g/mol. The molecule has 28 heavy (non-hydrogen) atoms. The van der Waals surface area contributed by atoms with Gasteiger partial charge in [0.05, 0.1) is 6.10 Å². The van der Waals surface area contributed by atoms with Crippen LogP contribution in [0.5, 0.6) is 0 Å².